The molecule has 0 spiro atoms. The maximum absolute atomic E-state index is 8.96. The molecule has 1 heterocycles. The van der Waals surface area contributed by atoms with Crippen molar-refractivity contribution in [2.45, 2.75) is 6.92 Å². The van der Waals surface area contributed by atoms with Gasteiger partial charge < -0.3 is 4.98 Å². The highest BCUT2D eigenvalue weighted by atomic mass is 14.9. The Morgan fingerprint density at radius 2 is 2.29 bits per heavy atom. The number of aromatic nitrogens is 2. The first-order valence-corrected chi connectivity index (χ1v) is 4.31. The minimum Gasteiger partial charge on any atom is -0.345 e. The average Bonchev–Trinajstić information content (AvgIpc) is 2.70. The molecular weight excluding hydrogens is 174 g/mol. The van der Waals surface area contributed by atoms with Gasteiger partial charge in [-0.2, -0.15) is 5.26 Å². The first-order chi connectivity index (χ1) is 6.83. The van der Waals surface area contributed by atoms with Crippen LogP contribution in [0.3, 0.4) is 0 Å². The molecule has 0 saturated carbocycles. The molecule has 0 radical (unpaired) electrons. The number of nitrogens with zero attached hydrogens (tertiary/aromatic N) is 2. The largest absolute Gasteiger partial charge is 0.345 e. The number of nitriles is 1. The van der Waals surface area contributed by atoms with E-state index in [2.05, 4.69) is 16.0 Å². The summed E-state index contributed by atoms with van der Waals surface area (Å²) in [6.45, 7) is 1.98. The minimum atomic E-state index is 0.675. The van der Waals surface area contributed by atoms with Gasteiger partial charge in [0.25, 0.3) is 0 Å². The summed E-state index contributed by atoms with van der Waals surface area (Å²) in [6, 6.07) is 7.85. The number of aryl methyl sites for hydroxylation is 1. The van der Waals surface area contributed by atoms with Crippen molar-refractivity contribution in [1.29, 1.82) is 5.26 Å². The van der Waals surface area contributed by atoms with Crippen LogP contribution in [0.1, 0.15) is 11.1 Å². The molecule has 0 saturated heterocycles. The van der Waals surface area contributed by atoms with E-state index >= 15 is 0 Å². The van der Waals surface area contributed by atoms with Crippen molar-refractivity contribution in [2.75, 3.05) is 0 Å². The van der Waals surface area contributed by atoms with E-state index in [4.69, 9.17) is 5.26 Å². The van der Waals surface area contributed by atoms with Crippen molar-refractivity contribution < 1.29 is 0 Å². The van der Waals surface area contributed by atoms with Crippen LogP contribution in [0.5, 0.6) is 0 Å². The van der Waals surface area contributed by atoms with Gasteiger partial charge in [0, 0.05) is 5.56 Å². The van der Waals surface area contributed by atoms with Crippen molar-refractivity contribution in [2.24, 2.45) is 0 Å². The Morgan fingerprint density at radius 3 is 2.93 bits per heavy atom. The van der Waals surface area contributed by atoms with Gasteiger partial charge in [0.2, 0.25) is 0 Å². The lowest BCUT2D eigenvalue weighted by Crippen LogP contribution is -1.88. The highest BCUT2D eigenvalue weighted by Crippen LogP contribution is 2.24. The summed E-state index contributed by atoms with van der Waals surface area (Å²) in [5, 5.41) is 8.96. The number of aromatic amines is 1. The minimum absolute atomic E-state index is 0.675. The zero-order chi connectivity index (χ0) is 9.97. The van der Waals surface area contributed by atoms with Gasteiger partial charge >= 0.3 is 0 Å². The summed E-state index contributed by atoms with van der Waals surface area (Å²) in [7, 11) is 0. The lowest BCUT2D eigenvalue weighted by molar-refractivity contribution is 1.30. The van der Waals surface area contributed by atoms with E-state index in [0.717, 1.165) is 16.8 Å². The van der Waals surface area contributed by atoms with Crippen LogP contribution in [0.2, 0.25) is 0 Å². The summed E-state index contributed by atoms with van der Waals surface area (Å²) in [6.07, 6.45) is 3.34. The number of hydrogen-bond donors (Lipinski definition) is 1. The Morgan fingerprint density at radius 1 is 1.43 bits per heavy atom. The standard InChI is InChI=1S/C11H9N3/c1-8-3-2-4-9(5-12)11(8)10-6-13-7-14-10/h2-4,6-7H,1H3,(H,13,14). The molecule has 0 aliphatic heterocycles. The first kappa shape index (κ1) is 8.52. The number of H-pyrrole nitrogens is 1. The lowest BCUT2D eigenvalue weighted by atomic mass is 10.0. The summed E-state index contributed by atoms with van der Waals surface area (Å²) >= 11 is 0. The molecule has 3 heteroatoms. The number of nitrogens with one attached hydrogen (secondary N) is 1. The number of benzene rings is 1. The second-order valence-corrected chi connectivity index (χ2v) is 3.07. The summed E-state index contributed by atoms with van der Waals surface area (Å²) in [5.41, 5.74) is 3.58. The van der Waals surface area contributed by atoms with E-state index in [1.165, 1.54) is 0 Å². The number of imidazole rings is 1. The zero-order valence-electron chi connectivity index (χ0n) is 7.78. The average molecular weight is 183 g/mol. The Balaban J connectivity index is 2.69. The van der Waals surface area contributed by atoms with Crippen LogP contribution in [0.4, 0.5) is 0 Å². The maximum Gasteiger partial charge on any atom is 0.0998 e. The molecule has 3 nitrogen and oxygen atoms in total. The molecule has 1 aromatic carbocycles. The molecule has 68 valence electrons. The second-order valence-electron chi connectivity index (χ2n) is 3.07. The van der Waals surface area contributed by atoms with E-state index in [9.17, 15) is 0 Å². The summed E-state index contributed by atoms with van der Waals surface area (Å²) in [5.74, 6) is 0. The Labute approximate surface area is 82.0 Å². The predicted octanol–water partition coefficient (Wildman–Crippen LogP) is 2.26. The number of rotatable bonds is 1. The SMILES string of the molecule is Cc1cccc(C#N)c1-c1cnc[nH]1. The Kier molecular flexibility index (Phi) is 2.04. The normalized spacial score (nSPS) is 9.71. The molecular formula is C11H9N3. The zero-order valence-corrected chi connectivity index (χ0v) is 7.78. The molecule has 14 heavy (non-hydrogen) atoms. The highest BCUT2D eigenvalue weighted by molar-refractivity contribution is 5.70. The van der Waals surface area contributed by atoms with E-state index in [0.29, 0.717) is 5.56 Å². The molecule has 0 bridgehead atoms. The van der Waals surface area contributed by atoms with Crippen LogP contribution in [0, 0.1) is 18.3 Å². The quantitative estimate of drug-likeness (QED) is 0.737. The molecule has 0 aliphatic carbocycles. The smallest absolute Gasteiger partial charge is 0.0998 e. The van der Waals surface area contributed by atoms with Crippen LogP contribution in [-0.2, 0) is 0 Å². The Hall–Kier alpha value is -2.08. The van der Waals surface area contributed by atoms with Crippen LogP contribution in [-0.4, -0.2) is 9.97 Å². The lowest BCUT2D eigenvalue weighted by Gasteiger charge is -2.04. The van der Waals surface area contributed by atoms with E-state index < -0.39 is 0 Å². The molecule has 0 atom stereocenters. The van der Waals surface area contributed by atoms with Crippen LogP contribution in [0.25, 0.3) is 11.3 Å². The molecule has 0 amide bonds. The molecule has 0 aliphatic rings. The van der Waals surface area contributed by atoms with Gasteiger partial charge in [-0.05, 0) is 18.6 Å². The monoisotopic (exact) mass is 183 g/mol. The van der Waals surface area contributed by atoms with Crippen LogP contribution < -0.4 is 0 Å². The third kappa shape index (κ3) is 1.27. The molecule has 2 rings (SSSR count). The van der Waals surface area contributed by atoms with E-state index in [1.54, 1.807) is 12.5 Å². The van der Waals surface area contributed by atoms with Crippen molar-refractivity contribution in [3.05, 3.63) is 41.9 Å². The molecule has 0 unspecified atom stereocenters. The van der Waals surface area contributed by atoms with Crippen molar-refractivity contribution >= 4 is 0 Å². The first-order valence-electron chi connectivity index (χ1n) is 4.31. The molecule has 2 aromatic rings. The third-order valence-corrected chi connectivity index (χ3v) is 2.16. The highest BCUT2D eigenvalue weighted by Gasteiger charge is 2.07. The van der Waals surface area contributed by atoms with Crippen molar-refractivity contribution in [1.82, 2.24) is 9.97 Å². The fourth-order valence-corrected chi connectivity index (χ4v) is 1.51. The fraction of sp³-hybridized carbons (Fsp3) is 0.0909. The topological polar surface area (TPSA) is 52.5 Å². The third-order valence-electron chi connectivity index (χ3n) is 2.16. The maximum atomic E-state index is 8.96. The molecule has 1 aromatic heterocycles. The van der Waals surface area contributed by atoms with Crippen LogP contribution in [0.15, 0.2) is 30.7 Å². The Bertz CT molecular complexity index is 478. The van der Waals surface area contributed by atoms with Gasteiger partial charge in [-0.1, -0.05) is 12.1 Å². The summed E-state index contributed by atoms with van der Waals surface area (Å²) < 4.78 is 0. The van der Waals surface area contributed by atoms with Gasteiger partial charge in [0.05, 0.1) is 29.9 Å². The fourth-order valence-electron chi connectivity index (χ4n) is 1.51. The predicted molar refractivity (Wildman–Crippen MR) is 53.5 cm³/mol. The van der Waals surface area contributed by atoms with Gasteiger partial charge in [-0.15, -0.1) is 0 Å². The summed E-state index contributed by atoms with van der Waals surface area (Å²) in [4.78, 5) is 6.96. The van der Waals surface area contributed by atoms with Crippen molar-refractivity contribution in [3.8, 4) is 17.3 Å². The molecule has 0 fully saturated rings. The van der Waals surface area contributed by atoms with Gasteiger partial charge in [0.15, 0.2) is 0 Å². The molecule has 1 N–H and O–H groups in total. The van der Waals surface area contributed by atoms with Crippen LogP contribution >= 0.6 is 0 Å². The number of hydrogen-bond acceptors (Lipinski definition) is 2. The van der Waals surface area contributed by atoms with Gasteiger partial charge in [-0.25, -0.2) is 4.98 Å². The van der Waals surface area contributed by atoms with Gasteiger partial charge in [0.1, 0.15) is 0 Å². The van der Waals surface area contributed by atoms with E-state index in [-0.39, 0.29) is 0 Å². The van der Waals surface area contributed by atoms with E-state index in [1.807, 2.05) is 25.1 Å². The van der Waals surface area contributed by atoms with Gasteiger partial charge in [-0.3, -0.25) is 0 Å². The second kappa shape index (κ2) is 3.35. The van der Waals surface area contributed by atoms with Crippen molar-refractivity contribution in [3.63, 3.8) is 0 Å².